The predicted molar refractivity (Wildman–Crippen MR) is 133 cm³/mol. The van der Waals surface area contributed by atoms with Crippen LogP contribution < -0.4 is 0 Å². The summed E-state index contributed by atoms with van der Waals surface area (Å²) in [7, 11) is 0. The summed E-state index contributed by atoms with van der Waals surface area (Å²) in [5.74, 6) is -0.380. The van der Waals surface area contributed by atoms with Gasteiger partial charge in [-0.25, -0.2) is 9.50 Å². The van der Waals surface area contributed by atoms with Crippen LogP contribution in [0.4, 0.5) is 13.2 Å². The molecule has 0 spiro atoms. The lowest BCUT2D eigenvalue weighted by Gasteiger charge is -2.34. The van der Waals surface area contributed by atoms with Crippen LogP contribution in [-0.4, -0.2) is 56.5 Å². The van der Waals surface area contributed by atoms with Crippen molar-refractivity contribution in [2.75, 3.05) is 26.2 Å². The molecule has 6 nitrogen and oxygen atoms in total. The molecule has 36 heavy (non-hydrogen) atoms. The van der Waals surface area contributed by atoms with Crippen molar-refractivity contribution in [1.29, 1.82) is 0 Å². The number of hydrogen-bond donors (Lipinski definition) is 0. The number of nitrogens with zero attached hydrogens (tertiary/aromatic N) is 5. The fraction of sp³-hybridized carbons (Fsp3) is 0.346. The highest BCUT2D eigenvalue weighted by molar-refractivity contribution is 7.15. The monoisotopic (exact) mass is 513 g/mol. The minimum atomic E-state index is -4.64. The van der Waals surface area contributed by atoms with E-state index in [1.165, 1.54) is 28.5 Å². The highest BCUT2D eigenvalue weighted by atomic mass is 32.1. The van der Waals surface area contributed by atoms with Crippen LogP contribution in [0.1, 0.15) is 39.1 Å². The van der Waals surface area contributed by atoms with Crippen molar-refractivity contribution in [1.82, 2.24) is 24.4 Å². The molecule has 1 aromatic carbocycles. The van der Waals surface area contributed by atoms with E-state index in [1.807, 2.05) is 19.1 Å². The lowest BCUT2D eigenvalue weighted by atomic mass is 10.1. The second kappa shape index (κ2) is 9.67. The van der Waals surface area contributed by atoms with Gasteiger partial charge in [0.2, 0.25) is 0 Å². The van der Waals surface area contributed by atoms with Gasteiger partial charge in [-0.15, -0.1) is 11.3 Å². The summed E-state index contributed by atoms with van der Waals surface area (Å²) < 4.78 is 42.5. The van der Waals surface area contributed by atoms with Crippen molar-refractivity contribution >= 4 is 22.9 Å². The standard InChI is InChI=1S/C26H26F3N5OS/c1-3-19-7-8-22(36-19)20-14-23(26(27,28)29)34-24(30-20)15-21(31-34)25(35)33-11-9-32(10-12-33)16-18-6-4-5-17(2)13-18/h4-8,13-15H,3,9-12,16H2,1-2H3. The van der Waals surface area contributed by atoms with Gasteiger partial charge in [0.1, 0.15) is 0 Å². The van der Waals surface area contributed by atoms with Crippen LogP contribution in [0, 0.1) is 6.92 Å². The zero-order chi connectivity index (χ0) is 25.4. The zero-order valence-corrected chi connectivity index (χ0v) is 20.9. The minimum Gasteiger partial charge on any atom is -0.335 e. The van der Waals surface area contributed by atoms with Crippen LogP contribution in [0.15, 0.2) is 48.5 Å². The molecule has 1 amide bonds. The molecule has 0 atom stereocenters. The first-order valence-corrected chi connectivity index (χ1v) is 12.7. The molecule has 0 saturated carbocycles. The quantitative estimate of drug-likeness (QED) is 0.363. The molecule has 0 N–H and O–H groups in total. The normalized spacial score (nSPS) is 15.1. The summed E-state index contributed by atoms with van der Waals surface area (Å²) >= 11 is 1.41. The number of thiophene rings is 1. The Morgan fingerprint density at radius 3 is 2.50 bits per heavy atom. The average Bonchev–Trinajstić information content (AvgIpc) is 3.50. The third-order valence-electron chi connectivity index (χ3n) is 6.35. The van der Waals surface area contributed by atoms with Gasteiger partial charge in [0.15, 0.2) is 17.0 Å². The number of hydrogen-bond acceptors (Lipinski definition) is 5. The van der Waals surface area contributed by atoms with Gasteiger partial charge >= 0.3 is 6.18 Å². The topological polar surface area (TPSA) is 53.7 Å². The summed E-state index contributed by atoms with van der Waals surface area (Å²) in [6, 6.07) is 14.3. The van der Waals surface area contributed by atoms with Gasteiger partial charge in [-0.1, -0.05) is 36.8 Å². The van der Waals surface area contributed by atoms with Crippen molar-refractivity contribution in [3.63, 3.8) is 0 Å². The summed E-state index contributed by atoms with van der Waals surface area (Å²) in [5.41, 5.74) is 1.67. The molecule has 3 aromatic heterocycles. The number of aromatic nitrogens is 3. The number of aryl methyl sites for hydroxylation is 2. The predicted octanol–water partition coefficient (Wildman–Crippen LogP) is 5.31. The van der Waals surface area contributed by atoms with E-state index in [-0.39, 0.29) is 22.9 Å². The van der Waals surface area contributed by atoms with Gasteiger partial charge in [0.25, 0.3) is 5.91 Å². The molecule has 1 fully saturated rings. The first kappa shape index (κ1) is 24.5. The summed E-state index contributed by atoms with van der Waals surface area (Å²) in [6.45, 7) is 7.17. The van der Waals surface area contributed by atoms with Crippen LogP contribution in [0.5, 0.6) is 0 Å². The number of benzene rings is 1. The highest BCUT2D eigenvalue weighted by Crippen LogP contribution is 2.34. The molecule has 5 rings (SSSR count). The maximum atomic E-state index is 13.9. The lowest BCUT2D eigenvalue weighted by Crippen LogP contribution is -2.48. The van der Waals surface area contributed by atoms with E-state index in [0.29, 0.717) is 31.1 Å². The fourth-order valence-electron chi connectivity index (χ4n) is 4.45. The van der Waals surface area contributed by atoms with Crippen molar-refractivity contribution < 1.29 is 18.0 Å². The maximum absolute atomic E-state index is 13.9. The van der Waals surface area contributed by atoms with Gasteiger partial charge in [-0.2, -0.15) is 18.3 Å². The number of halogens is 3. The molecule has 4 aromatic rings. The molecule has 0 bridgehead atoms. The van der Waals surface area contributed by atoms with E-state index in [2.05, 4.69) is 40.1 Å². The van der Waals surface area contributed by atoms with Gasteiger partial charge in [0.05, 0.1) is 10.6 Å². The van der Waals surface area contributed by atoms with Gasteiger partial charge in [0, 0.05) is 43.7 Å². The third-order valence-corrected chi connectivity index (χ3v) is 7.60. The largest absolute Gasteiger partial charge is 0.433 e. The smallest absolute Gasteiger partial charge is 0.335 e. The molecule has 0 unspecified atom stereocenters. The number of carbonyl (C=O) groups excluding carboxylic acids is 1. The Morgan fingerprint density at radius 1 is 1.06 bits per heavy atom. The van der Waals surface area contributed by atoms with Crippen LogP contribution in [-0.2, 0) is 19.1 Å². The van der Waals surface area contributed by atoms with Gasteiger partial charge < -0.3 is 4.90 Å². The molecule has 4 heterocycles. The summed E-state index contributed by atoms with van der Waals surface area (Å²) in [6.07, 6.45) is -3.85. The SMILES string of the molecule is CCc1ccc(-c2cc(C(F)(F)F)n3nc(C(=O)N4CCN(Cc5cccc(C)c5)CC4)cc3n2)s1. The summed E-state index contributed by atoms with van der Waals surface area (Å²) in [4.78, 5) is 23.2. The number of alkyl halides is 3. The van der Waals surface area contributed by atoms with E-state index in [0.717, 1.165) is 28.4 Å². The van der Waals surface area contributed by atoms with E-state index in [9.17, 15) is 18.0 Å². The Balaban J connectivity index is 1.37. The van der Waals surface area contributed by atoms with Gasteiger partial charge in [-0.05, 0) is 37.1 Å². The van der Waals surface area contributed by atoms with Gasteiger partial charge in [-0.3, -0.25) is 9.69 Å². The van der Waals surface area contributed by atoms with Crippen molar-refractivity contribution in [2.45, 2.75) is 33.0 Å². The lowest BCUT2D eigenvalue weighted by molar-refractivity contribution is -0.142. The molecule has 10 heteroatoms. The number of fused-ring (bicyclic) bond motifs is 1. The van der Waals surface area contributed by atoms with Crippen molar-refractivity contribution in [3.8, 4) is 10.6 Å². The highest BCUT2D eigenvalue weighted by Gasteiger charge is 2.36. The number of carbonyl (C=O) groups is 1. The number of amides is 1. The van der Waals surface area contributed by atoms with E-state index in [4.69, 9.17) is 0 Å². The Kier molecular flexibility index (Phi) is 6.57. The molecule has 188 valence electrons. The molecule has 0 radical (unpaired) electrons. The van der Waals surface area contributed by atoms with Crippen molar-refractivity contribution in [3.05, 3.63) is 75.9 Å². The van der Waals surface area contributed by atoms with Crippen LogP contribution >= 0.6 is 11.3 Å². The van der Waals surface area contributed by atoms with E-state index in [1.54, 1.807) is 11.0 Å². The van der Waals surface area contributed by atoms with Crippen LogP contribution in [0.3, 0.4) is 0 Å². The Labute approximate surface area is 211 Å². The third kappa shape index (κ3) is 5.01. The Hall–Kier alpha value is -3.24. The molecule has 1 aliphatic rings. The second-order valence-corrected chi connectivity index (χ2v) is 10.2. The maximum Gasteiger partial charge on any atom is 0.433 e. The first-order valence-electron chi connectivity index (χ1n) is 11.9. The second-order valence-electron chi connectivity index (χ2n) is 9.00. The molecule has 1 aliphatic heterocycles. The van der Waals surface area contributed by atoms with Crippen molar-refractivity contribution in [2.24, 2.45) is 0 Å². The Morgan fingerprint density at radius 2 is 1.83 bits per heavy atom. The van der Waals surface area contributed by atoms with Crippen LogP contribution in [0.25, 0.3) is 16.2 Å². The molecular weight excluding hydrogens is 487 g/mol. The minimum absolute atomic E-state index is 0.00714. The summed E-state index contributed by atoms with van der Waals surface area (Å²) in [5, 5.41) is 4.04. The first-order chi connectivity index (χ1) is 17.2. The molecule has 1 saturated heterocycles. The van der Waals surface area contributed by atoms with E-state index >= 15 is 0 Å². The Bertz CT molecular complexity index is 1400. The number of piperazine rings is 1. The zero-order valence-electron chi connectivity index (χ0n) is 20.0. The number of rotatable bonds is 5. The molecular formula is C26H26F3N5OS. The van der Waals surface area contributed by atoms with E-state index < -0.39 is 11.9 Å². The fourth-order valence-corrected chi connectivity index (χ4v) is 5.36. The van der Waals surface area contributed by atoms with Crippen LogP contribution in [0.2, 0.25) is 0 Å². The molecule has 0 aliphatic carbocycles. The average molecular weight is 514 g/mol.